The van der Waals surface area contributed by atoms with Gasteiger partial charge in [0.2, 0.25) is 15.8 Å². The molecule has 3 rings (SSSR count). The molecule has 0 radical (unpaired) electrons. The van der Waals surface area contributed by atoms with Gasteiger partial charge in [-0.1, -0.05) is 29.8 Å². The first-order valence-corrected chi connectivity index (χ1v) is 10.9. The number of para-hydroxylation sites is 1. The number of aliphatic hydroxyl groups excluding tert-OH is 1. The van der Waals surface area contributed by atoms with E-state index in [9.17, 15) is 18.3 Å². The van der Waals surface area contributed by atoms with Crippen LogP contribution in [-0.4, -0.2) is 36.1 Å². The molecule has 0 aliphatic rings. The molecular formula is C21H21ClN2O4S. The third-order valence-corrected chi connectivity index (χ3v) is 6.90. The van der Waals surface area contributed by atoms with Gasteiger partial charge < -0.3 is 10.1 Å². The minimum atomic E-state index is -3.81. The number of nitrogens with one attached hydrogen (secondary N) is 1. The normalized spacial score (nSPS) is 12.5. The Morgan fingerprint density at radius 2 is 1.72 bits per heavy atom. The van der Waals surface area contributed by atoms with Crippen LogP contribution in [0, 0.1) is 0 Å². The van der Waals surface area contributed by atoms with Crippen molar-refractivity contribution in [2.75, 3.05) is 10.9 Å². The van der Waals surface area contributed by atoms with Crippen molar-refractivity contribution in [1.29, 1.82) is 0 Å². The van der Waals surface area contributed by atoms with E-state index in [2.05, 4.69) is 4.98 Å². The number of hydrogen-bond acceptors (Lipinski definition) is 4. The predicted molar refractivity (Wildman–Crippen MR) is 114 cm³/mol. The van der Waals surface area contributed by atoms with Gasteiger partial charge in [0.1, 0.15) is 5.25 Å². The van der Waals surface area contributed by atoms with E-state index in [1.54, 1.807) is 66.7 Å². The molecule has 1 aromatic heterocycles. The number of aliphatic hydroxyl groups is 1. The van der Waals surface area contributed by atoms with E-state index in [-0.39, 0.29) is 12.3 Å². The average molecular weight is 433 g/mol. The van der Waals surface area contributed by atoms with Crippen molar-refractivity contribution >= 4 is 33.1 Å². The van der Waals surface area contributed by atoms with Gasteiger partial charge in [0, 0.05) is 16.3 Å². The van der Waals surface area contributed by atoms with Crippen molar-refractivity contribution in [3.63, 3.8) is 0 Å². The summed E-state index contributed by atoms with van der Waals surface area (Å²) >= 11 is 5.86. The lowest BCUT2D eigenvalue weighted by Gasteiger charge is -2.26. The quantitative estimate of drug-likeness (QED) is 0.532. The molecule has 1 heterocycles. The van der Waals surface area contributed by atoms with Gasteiger partial charge in [0.05, 0.1) is 24.5 Å². The van der Waals surface area contributed by atoms with Gasteiger partial charge in [-0.3, -0.25) is 9.10 Å². The van der Waals surface area contributed by atoms with Gasteiger partial charge >= 0.3 is 0 Å². The third kappa shape index (κ3) is 4.70. The van der Waals surface area contributed by atoms with E-state index in [1.807, 2.05) is 0 Å². The zero-order valence-corrected chi connectivity index (χ0v) is 17.3. The van der Waals surface area contributed by atoms with E-state index < -0.39 is 21.9 Å². The highest BCUT2D eigenvalue weighted by atomic mass is 35.5. The highest BCUT2D eigenvalue weighted by molar-refractivity contribution is 7.93. The van der Waals surface area contributed by atoms with Crippen molar-refractivity contribution in [1.82, 2.24) is 4.98 Å². The van der Waals surface area contributed by atoms with Crippen LogP contribution in [0.2, 0.25) is 5.02 Å². The molecule has 0 bridgehead atoms. The fourth-order valence-electron chi connectivity index (χ4n) is 2.81. The Bertz CT molecular complexity index is 1080. The number of halogens is 1. The summed E-state index contributed by atoms with van der Waals surface area (Å²) in [6.45, 7) is 0.969. The van der Waals surface area contributed by atoms with Crippen molar-refractivity contribution < 1.29 is 18.3 Å². The van der Waals surface area contributed by atoms with E-state index in [0.717, 1.165) is 0 Å². The molecule has 29 heavy (non-hydrogen) atoms. The zero-order valence-electron chi connectivity index (χ0n) is 15.7. The van der Waals surface area contributed by atoms with Gasteiger partial charge in [-0.25, -0.2) is 8.42 Å². The molecule has 0 saturated carbocycles. The fraction of sp³-hybridized carbons (Fsp3) is 0.190. The van der Waals surface area contributed by atoms with Crippen LogP contribution in [0.3, 0.4) is 0 Å². The number of anilines is 1. The Morgan fingerprint density at radius 3 is 2.34 bits per heavy atom. The summed E-state index contributed by atoms with van der Waals surface area (Å²) < 4.78 is 27.1. The predicted octanol–water partition coefficient (Wildman–Crippen LogP) is 3.62. The van der Waals surface area contributed by atoms with Gasteiger partial charge in [0.15, 0.2) is 0 Å². The lowest BCUT2D eigenvalue weighted by Crippen LogP contribution is -2.39. The van der Waals surface area contributed by atoms with Crippen LogP contribution in [0.4, 0.5) is 5.69 Å². The van der Waals surface area contributed by atoms with Gasteiger partial charge in [-0.2, -0.15) is 0 Å². The van der Waals surface area contributed by atoms with Crippen LogP contribution in [0.15, 0.2) is 66.7 Å². The lowest BCUT2D eigenvalue weighted by molar-refractivity contribution is 0.103. The summed E-state index contributed by atoms with van der Waals surface area (Å²) in [6, 6.07) is 18.5. The summed E-state index contributed by atoms with van der Waals surface area (Å²) in [7, 11) is -3.81. The monoisotopic (exact) mass is 432 g/mol. The lowest BCUT2D eigenvalue weighted by atomic mass is 10.1. The molecule has 3 aromatic rings. The maximum atomic E-state index is 12.9. The van der Waals surface area contributed by atoms with Gasteiger partial charge in [-0.05, 0) is 55.5 Å². The molecule has 2 N–H and O–H groups in total. The number of H-pyrrole nitrogens is 1. The first-order valence-electron chi connectivity index (χ1n) is 8.98. The summed E-state index contributed by atoms with van der Waals surface area (Å²) in [5.41, 5.74) is 1.86. The number of aromatic amines is 1. The number of carbonyl (C=O) groups is 1. The van der Waals surface area contributed by atoms with Crippen LogP contribution in [0.25, 0.3) is 0 Å². The molecular weight excluding hydrogens is 412 g/mol. The Labute approximate surface area is 174 Å². The maximum Gasteiger partial charge on any atom is 0.240 e. The molecule has 0 aliphatic carbocycles. The number of aromatic nitrogens is 1. The molecule has 1 atom stereocenters. The van der Waals surface area contributed by atoms with Crippen molar-refractivity contribution in [3.05, 3.63) is 88.7 Å². The van der Waals surface area contributed by atoms with Gasteiger partial charge in [-0.15, -0.1) is 0 Å². The zero-order chi connectivity index (χ0) is 21.0. The fourth-order valence-corrected chi connectivity index (χ4v) is 4.29. The topological polar surface area (TPSA) is 90.5 Å². The molecule has 6 nitrogen and oxygen atoms in total. The largest absolute Gasteiger partial charge is 0.395 e. The molecule has 152 valence electrons. The molecule has 2 aromatic carbocycles. The highest BCUT2D eigenvalue weighted by Gasteiger charge is 2.29. The van der Waals surface area contributed by atoms with Crippen LogP contribution in [0.5, 0.6) is 0 Å². The van der Waals surface area contributed by atoms with Crippen LogP contribution >= 0.6 is 11.6 Å². The average Bonchev–Trinajstić information content (AvgIpc) is 3.20. The first-order chi connectivity index (χ1) is 13.8. The molecule has 8 heteroatoms. The second kappa shape index (κ2) is 8.82. The van der Waals surface area contributed by atoms with Crippen LogP contribution < -0.4 is 4.31 Å². The SMILES string of the molecule is CC(CO)S(=O)(=O)N(Cc1ccc(C(=O)c2ccc(Cl)cc2)[nH]1)c1ccccc1. The third-order valence-electron chi connectivity index (χ3n) is 4.53. The highest BCUT2D eigenvalue weighted by Crippen LogP contribution is 2.23. The Hall–Kier alpha value is -2.61. The molecule has 0 spiro atoms. The number of rotatable bonds is 8. The number of sulfonamides is 1. The summed E-state index contributed by atoms with van der Waals surface area (Å²) in [5.74, 6) is -0.217. The first kappa shape index (κ1) is 21.1. The van der Waals surface area contributed by atoms with Crippen molar-refractivity contribution in [2.24, 2.45) is 0 Å². The summed E-state index contributed by atoms with van der Waals surface area (Å²) in [6.07, 6.45) is 0. The number of nitrogens with zero attached hydrogens (tertiary/aromatic N) is 1. The minimum Gasteiger partial charge on any atom is -0.395 e. The number of benzene rings is 2. The number of hydrogen-bond donors (Lipinski definition) is 2. The van der Waals surface area contributed by atoms with E-state index in [1.165, 1.54) is 11.2 Å². The molecule has 0 amide bonds. The summed E-state index contributed by atoms with van der Waals surface area (Å²) in [4.78, 5) is 15.6. The van der Waals surface area contributed by atoms with Crippen molar-refractivity contribution in [2.45, 2.75) is 18.7 Å². The standard InChI is InChI=1S/C21H21ClN2O4S/c1-15(14-25)29(27,28)24(19-5-3-2-4-6-19)13-18-11-12-20(23-18)21(26)16-7-9-17(22)10-8-16/h2-12,15,23,25H,13-14H2,1H3. The molecule has 1 unspecified atom stereocenters. The maximum absolute atomic E-state index is 12.9. The number of carbonyl (C=O) groups excluding carboxylic acids is 1. The second-order valence-electron chi connectivity index (χ2n) is 6.61. The Balaban J connectivity index is 1.89. The van der Waals surface area contributed by atoms with Crippen molar-refractivity contribution in [3.8, 4) is 0 Å². The van der Waals surface area contributed by atoms with Crippen LogP contribution in [0.1, 0.15) is 28.7 Å². The summed E-state index contributed by atoms with van der Waals surface area (Å²) in [5, 5.41) is 8.96. The van der Waals surface area contributed by atoms with E-state index in [4.69, 9.17) is 11.6 Å². The van der Waals surface area contributed by atoms with Crippen LogP contribution in [-0.2, 0) is 16.6 Å². The van der Waals surface area contributed by atoms with Gasteiger partial charge in [0.25, 0.3) is 0 Å². The molecule has 0 aliphatic heterocycles. The minimum absolute atomic E-state index is 0.00455. The van der Waals surface area contributed by atoms with E-state index >= 15 is 0 Å². The number of ketones is 1. The molecule has 0 fully saturated rings. The second-order valence-corrected chi connectivity index (χ2v) is 9.33. The molecule has 0 saturated heterocycles. The Kier molecular flexibility index (Phi) is 6.42. The Morgan fingerprint density at radius 1 is 1.07 bits per heavy atom. The smallest absolute Gasteiger partial charge is 0.240 e. The van der Waals surface area contributed by atoms with E-state index in [0.29, 0.717) is 27.7 Å².